The summed E-state index contributed by atoms with van der Waals surface area (Å²) in [5.41, 5.74) is 0. The SMILES string of the molecule is O=C1[C@H]2CC[C@H]2C(=O)N1CC1CNC1. The van der Waals surface area contributed by atoms with Crippen molar-refractivity contribution in [1.82, 2.24) is 10.2 Å². The maximum atomic E-state index is 11.7. The summed E-state index contributed by atoms with van der Waals surface area (Å²) in [6.45, 7) is 2.55. The van der Waals surface area contributed by atoms with Crippen molar-refractivity contribution in [3.8, 4) is 0 Å². The van der Waals surface area contributed by atoms with E-state index in [0.29, 0.717) is 12.5 Å². The minimum absolute atomic E-state index is 0.0514. The van der Waals surface area contributed by atoms with Gasteiger partial charge in [-0.15, -0.1) is 0 Å². The fourth-order valence-electron chi connectivity index (χ4n) is 2.52. The van der Waals surface area contributed by atoms with Gasteiger partial charge in [-0.25, -0.2) is 0 Å². The van der Waals surface area contributed by atoms with Crippen LogP contribution >= 0.6 is 0 Å². The molecule has 0 spiro atoms. The molecule has 2 atom stereocenters. The molecule has 3 aliphatic rings. The number of carbonyl (C=O) groups excluding carboxylic acids is 2. The highest BCUT2D eigenvalue weighted by molar-refractivity contribution is 6.06. The molecule has 2 heterocycles. The van der Waals surface area contributed by atoms with E-state index < -0.39 is 0 Å². The zero-order valence-corrected chi connectivity index (χ0v) is 8.03. The van der Waals surface area contributed by atoms with Crippen LogP contribution in [0.4, 0.5) is 0 Å². The number of hydrogen-bond acceptors (Lipinski definition) is 3. The molecule has 3 fully saturated rings. The van der Waals surface area contributed by atoms with E-state index in [1.54, 1.807) is 0 Å². The summed E-state index contributed by atoms with van der Waals surface area (Å²) in [7, 11) is 0. The molecule has 4 nitrogen and oxygen atoms in total. The average molecular weight is 194 g/mol. The van der Waals surface area contributed by atoms with Crippen LogP contribution in [0.3, 0.4) is 0 Å². The average Bonchev–Trinajstić information content (AvgIpc) is 2.12. The lowest BCUT2D eigenvalue weighted by atomic mass is 9.76. The van der Waals surface area contributed by atoms with Gasteiger partial charge in [-0.2, -0.15) is 0 Å². The molecule has 2 amide bonds. The van der Waals surface area contributed by atoms with Crippen LogP contribution in [0, 0.1) is 17.8 Å². The van der Waals surface area contributed by atoms with Crippen LogP contribution < -0.4 is 5.32 Å². The fourth-order valence-corrected chi connectivity index (χ4v) is 2.52. The van der Waals surface area contributed by atoms with Gasteiger partial charge in [-0.1, -0.05) is 0 Å². The molecular formula is C10H14N2O2. The Morgan fingerprint density at radius 1 is 1.14 bits per heavy atom. The quantitative estimate of drug-likeness (QED) is 0.609. The van der Waals surface area contributed by atoms with E-state index in [0.717, 1.165) is 25.9 Å². The van der Waals surface area contributed by atoms with Crippen molar-refractivity contribution >= 4 is 11.8 Å². The van der Waals surface area contributed by atoms with Crippen LogP contribution in [0.5, 0.6) is 0 Å². The third kappa shape index (κ3) is 0.974. The highest BCUT2D eigenvalue weighted by Crippen LogP contribution is 2.42. The molecule has 0 aromatic rings. The smallest absolute Gasteiger partial charge is 0.233 e. The lowest BCUT2D eigenvalue weighted by molar-refractivity contribution is -0.140. The lowest BCUT2D eigenvalue weighted by Gasteiger charge is -2.30. The molecule has 1 aliphatic carbocycles. The molecule has 0 aromatic heterocycles. The summed E-state index contributed by atoms with van der Waals surface area (Å²) in [4.78, 5) is 25.0. The number of nitrogens with one attached hydrogen (secondary N) is 1. The molecule has 1 N–H and O–H groups in total. The van der Waals surface area contributed by atoms with Gasteiger partial charge in [0.15, 0.2) is 0 Å². The van der Waals surface area contributed by atoms with Crippen molar-refractivity contribution in [2.24, 2.45) is 17.8 Å². The first-order chi connectivity index (χ1) is 6.77. The summed E-state index contributed by atoms with van der Waals surface area (Å²) < 4.78 is 0. The van der Waals surface area contributed by atoms with Gasteiger partial charge < -0.3 is 5.32 Å². The standard InChI is InChI=1S/C10H14N2O2/c13-9-7-1-2-8(7)10(14)12(9)5-6-3-11-4-6/h6-8,11H,1-5H2/t7-,8+. The van der Waals surface area contributed by atoms with Gasteiger partial charge in [-0.3, -0.25) is 14.5 Å². The Bertz CT molecular complexity index is 276. The third-order valence-electron chi connectivity index (χ3n) is 3.75. The molecule has 4 heteroatoms. The van der Waals surface area contributed by atoms with Crippen LogP contribution in [0.1, 0.15) is 12.8 Å². The van der Waals surface area contributed by atoms with Gasteiger partial charge in [0.05, 0.1) is 11.8 Å². The zero-order chi connectivity index (χ0) is 9.71. The molecule has 0 radical (unpaired) electrons. The first kappa shape index (κ1) is 8.41. The van der Waals surface area contributed by atoms with E-state index in [-0.39, 0.29) is 23.7 Å². The predicted octanol–water partition coefficient (Wildman–Crippen LogP) is -0.399. The predicted molar refractivity (Wildman–Crippen MR) is 49.3 cm³/mol. The van der Waals surface area contributed by atoms with Gasteiger partial charge in [0.25, 0.3) is 0 Å². The van der Waals surface area contributed by atoms with Gasteiger partial charge >= 0.3 is 0 Å². The van der Waals surface area contributed by atoms with E-state index >= 15 is 0 Å². The first-order valence-corrected chi connectivity index (χ1v) is 5.33. The number of rotatable bonds is 2. The number of carbonyl (C=O) groups is 2. The molecule has 3 rings (SSSR count). The second-order valence-electron chi connectivity index (χ2n) is 4.60. The second-order valence-corrected chi connectivity index (χ2v) is 4.60. The molecule has 1 saturated carbocycles. The van der Waals surface area contributed by atoms with Crippen LogP contribution in [-0.2, 0) is 9.59 Å². The van der Waals surface area contributed by atoms with Crippen molar-refractivity contribution in [3.63, 3.8) is 0 Å². The second kappa shape index (κ2) is 2.79. The van der Waals surface area contributed by atoms with Gasteiger partial charge in [0.2, 0.25) is 11.8 Å². The van der Waals surface area contributed by atoms with E-state index in [9.17, 15) is 9.59 Å². The highest BCUT2D eigenvalue weighted by atomic mass is 16.2. The number of imide groups is 1. The third-order valence-corrected chi connectivity index (χ3v) is 3.75. The summed E-state index contributed by atoms with van der Waals surface area (Å²) in [6.07, 6.45) is 1.85. The molecule has 0 unspecified atom stereocenters. The van der Waals surface area contributed by atoms with E-state index in [4.69, 9.17) is 0 Å². The summed E-state index contributed by atoms with van der Waals surface area (Å²) in [5, 5.41) is 3.15. The molecule has 0 bridgehead atoms. The Balaban J connectivity index is 1.71. The number of hydrogen-bond donors (Lipinski definition) is 1. The molecule has 2 aliphatic heterocycles. The lowest BCUT2D eigenvalue weighted by Crippen LogP contribution is -2.49. The zero-order valence-electron chi connectivity index (χ0n) is 8.03. The van der Waals surface area contributed by atoms with Crippen molar-refractivity contribution in [2.45, 2.75) is 12.8 Å². The maximum absolute atomic E-state index is 11.7. The van der Waals surface area contributed by atoms with Gasteiger partial charge in [0.1, 0.15) is 0 Å². The summed E-state index contributed by atoms with van der Waals surface area (Å²) >= 11 is 0. The largest absolute Gasteiger partial charge is 0.316 e. The normalized spacial score (nSPS) is 36.7. The molecular weight excluding hydrogens is 180 g/mol. The monoisotopic (exact) mass is 194 g/mol. The summed E-state index contributed by atoms with van der Waals surface area (Å²) in [6, 6.07) is 0. The first-order valence-electron chi connectivity index (χ1n) is 5.33. The van der Waals surface area contributed by atoms with Gasteiger partial charge in [0, 0.05) is 25.6 Å². The molecule has 0 aromatic carbocycles. The van der Waals surface area contributed by atoms with Crippen molar-refractivity contribution in [2.75, 3.05) is 19.6 Å². The Hall–Kier alpha value is -0.900. The number of fused-ring (bicyclic) bond motifs is 1. The van der Waals surface area contributed by atoms with Gasteiger partial charge in [-0.05, 0) is 12.8 Å². The Morgan fingerprint density at radius 3 is 2.07 bits per heavy atom. The fraction of sp³-hybridized carbons (Fsp3) is 0.800. The van der Waals surface area contributed by atoms with Crippen molar-refractivity contribution in [1.29, 1.82) is 0 Å². The minimum Gasteiger partial charge on any atom is -0.316 e. The van der Waals surface area contributed by atoms with Crippen LogP contribution in [-0.4, -0.2) is 36.3 Å². The van der Waals surface area contributed by atoms with E-state index in [2.05, 4.69) is 5.32 Å². The highest BCUT2D eigenvalue weighted by Gasteiger charge is 2.52. The van der Waals surface area contributed by atoms with Crippen LogP contribution in [0.25, 0.3) is 0 Å². The minimum atomic E-state index is 0.0514. The number of nitrogens with zero attached hydrogens (tertiary/aromatic N) is 1. The van der Waals surface area contributed by atoms with Crippen molar-refractivity contribution < 1.29 is 9.59 Å². The molecule has 14 heavy (non-hydrogen) atoms. The maximum Gasteiger partial charge on any atom is 0.233 e. The van der Waals surface area contributed by atoms with Crippen LogP contribution in [0.15, 0.2) is 0 Å². The number of likely N-dealkylation sites (tertiary alicyclic amines) is 1. The van der Waals surface area contributed by atoms with Crippen LogP contribution in [0.2, 0.25) is 0 Å². The number of amides is 2. The Morgan fingerprint density at radius 2 is 1.71 bits per heavy atom. The summed E-state index contributed by atoms with van der Waals surface area (Å²) in [5.74, 6) is 0.794. The van der Waals surface area contributed by atoms with E-state index in [1.165, 1.54) is 4.90 Å². The van der Waals surface area contributed by atoms with Crippen molar-refractivity contribution in [3.05, 3.63) is 0 Å². The Labute approximate surface area is 82.6 Å². The topological polar surface area (TPSA) is 49.4 Å². The Kier molecular flexibility index (Phi) is 1.68. The molecule has 2 saturated heterocycles. The molecule has 76 valence electrons. The van der Waals surface area contributed by atoms with E-state index in [1.807, 2.05) is 0 Å².